The second kappa shape index (κ2) is 7.46. The molecule has 4 rings (SSSR count). The van der Waals surface area contributed by atoms with Gasteiger partial charge in [0.25, 0.3) is 10.0 Å². The molecule has 0 saturated heterocycles. The number of allylic oxidation sites excluding steroid dienone is 1. The van der Waals surface area contributed by atoms with Crippen LogP contribution in [0.2, 0.25) is 0 Å². The summed E-state index contributed by atoms with van der Waals surface area (Å²) in [6, 6.07) is 14.7. The number of benzene rings is 2. The number of rotatable bonds is 4. The van der Waals surface area contributed by atoms with Gasteiger partial charge in [-0.3, -0.25) is 9.10 Å². The predicted octanol–water partition coefficient (Wildman–Crippen LogP) is 4.68. The Kier molecular flexibility index (Phi) is 4.97. The molecule has 1 aromatic heterocycles. The maximum Gasteiger partial charge on any atom is 0.270 e. The molecule has 0 spiro atoms. The minimum atomic E-state index is -4.12. The van der Waals surface area contributed by atoms with Crippen molar-refractivity contribution in [1.29, 1.82) is 0 Å². The quantitative estimate of drug-likeness (QED) is 0.613. The van der Waals surface area contributed by atoms with Gasteiger partial charge in [-0.25, -0.2) is 12.8 Å². The molecular formula is C21H17FN2O3S2. The second-order valence-electron chi connectivity index (χ2n) is 6.62. The maximum absolute atomic E-state index is 13.6. The number of carbonyl (C=O) groups is 1. The molecule has 3 aromatic rings. The first-order chi connectivity index (χ1) is 13.9. The van der Waals surface area contributed by atoms with Crippen LogP contribution >= 0.6 is 11.3 Å². The van der Waals surface area contributed by atoms with Gasteiger partial charge in [-0.15, -0.1) is 11.3 Å². The Morgan fingerprint density at radius 2 is 1.90 bits per heavy atom. The normalized spacial score (nSPS) is 16.7. The van der Waals surface area contributed by atoms with E-state index in [0.717, 1.165) is 9.87 Å². The van der Waals surface area contributed by atoms with E-state index in [-0.39, 0.29) is 11.4 Å². The van der Waals surface area contributed by atoms with Crippen molar-refractivity contribution in [3.05, 3.63) is 92.9 Å². The molecule has 0 aliphatic carbocycles. The van der Waals surface area contributed by atoms with Gasteiger partial charge in [-0.2, -0.15) is 0 Å². The number of nitrogens with zero attached hydrogens (tertiary/aromatic N) is 1. The Morgan fingerprint density at radius 1 is 1.14 bits per heavy atom. The molecule has 0 atom stereocenters. The average Bonchev–Trinajstić information content (AvgIpc) is 3.16. The Labute approximate surface area is 172 Å². The van der Waals surface area contributed by atoms with Gasteiger partial charge in [0.15, 0.2) is 4.91 Å². The summed E-state index contributed by atoms with van der Waals surface area (Å²) >= 11 is 1.18. The molecular weight excluding hydrogens is 411 g/mol. The van der Waals surface area contributed by atoms with Crippen LogP contribution in [0.15, 0.2) is 71.1 Å². The van der Waals surface area contributed by atoms with E-state index >= 15 is 0 Å². The summed E-state index contributed by atoms with van der Waals surface area (Å²) in [5.74, 6) is -1.000. The Morgan fingerprint density at radius 3 is 2.62 bits per heavy atom. The largest absolute Gasteiger partial charge is 0.360 e. The van der Waals surface area contributed by atoms with Crippen LogP contribution < -0.4 is 9.62 Å². The molecule has 1 aliphatic rings. The molecule has 0 unspecified atom stereocenters. The van der Waals surface area contributed by atoms with Gasteiger partial charge in [0, 0.05) is 11.9 Å². The van der Waals surface area contributed by atoms with E-state index in [9.17, 15) is 17.6 Å². The smallest absolute Gasteiger partial charge is 0.270 e. The first kappa shape index (κ1) is 19.4. The molecule has 148 valence electrons. The van der Waals surface area contributed by atoms with Crippen LogP contribution in [0.4, 0.5) is 15.8 Å². The first-order valence-electron chi connectivity index (χ1n) is 8.79. The Hall–Kier alpha value is -2.97. The monoisotopic (exact) mass is 428 g/mol. The number of thiophene rings is 1. The number of anilines is 2. The topological polar surface area (TPSA) is 66.5 Å². The highest BCUT2D eigenvalue weighted by Gasteiger charge is 2.41. The molecule has 1 aliphatic heterocycles. The van der Waals surface area contributed by atoms with Crippen molar-refractivity contribution in [3.63, 3.8) is 0 Å². The van der Waals surface area contributed by atoms with Gasteiger partial charge >= 0.3 is 0 Å². The van der Waals surface area contributed by atoms with Gasteiger partial charge in [0.05, 0.1) is 12.2 Å². The van der Waals surface area contributed by atoms with E-state index in [1.54, 1.807) is 29.6 Å². The summed E-state index contributed by atoms with van der Waals surface area (Å²) in [6.07, 6.45) is 1.23. The second-order valence-corrected chi connectivity index (χ2v) is 9.37. The van der Waals surface area contributed by atoms with Gasteiger partial charge in [0.1, 0.15) is 10.7 Å². The van der Waals surface area contributed by atoms with Crippen molar-refractivity contribution >= 4 is 38.5 Å². The lowest BCUT2D eigenvalue weighted by Crippen LogP contribution is -2.38. The van der Waals surface area contributed by atoms with E-state index < -0.39 is 21.6 Å². The SMILES string of the molecule is Cc1ccc(NC=C2C(=O)c3sccc3N(Cc3cccc(F)c3)S2(=O)=O)cc1. The molecule has 1 N–H and O–H groups in total. The number of Topliss-reactive ketones (excluding diaryl/α,β-unsaturated/α-hetero) is 1. The summed E-state index contributed by atoms with van der Waals surface area (Å²) in [5, 5.41) is 4.57. The highest BCUT2D eigenvalue weighted by Crippen LogP contribution is 2.39. The third-order valence-electron chi connectivity index (χ3n) is 4.55. The van der Waals surface area contributed by atoms with E-state index in [1.165, 1.54) is 35.7 Å². The van der Waals surface area contributed by atoms with Crippen LogP contribution in [0, 0.1) is 12.7 Å². The summed E-state index contributed by atoms with van der Waals surface area (Å²) < 4.78 is 41.2. The van der Waals surface area contributed by atoms with E-state index in [0.29, 0.717) is 21.8 Å². The average molecular weight is 429 g/mol. The third-order valence-corrected chi connectivity index (χ3v) is 7.22. The Bertz CT molecular complexity index is 1210. The van der Waals surface area contributed by atoms with Gasteiger partial charge in [-0.05, 0) is 48.2 Å². The fourth-order valence-electron chi connectivity index (χ4n) is 3.06. The summed E-state index contributed by atoms with van der Waals surface area (Å²) in [6.45, 7) is 1.87. The molecule has 2 heterocycles. The van der Waals surface area contributed by atoms with Crippen molar-refractivity contribution in [2.24, 2.45) is 0 Å². The first-order valence-corrected chi connectivity index (χ1v) is 11.1. The van der Waals surface area contributed by atoms with E-state index in [4.69, 9.17) is 0 Å². The summed E-state index contributed by atoms with van der Waals surface area (Å²) in [7, 11) is -4.12. The van der Waals surface area contributed by atoms with Crippen LogP contribution in [-0.4, -0.2) is 14.2 Å². The molecule has 5 nitrogen and oxygen atoms in total. The highest BCUT2D eigenvalue weighted by molar-refractivity contribution is 7.97. The van der Waals surface area contributed by atoms with E-state index in [2.05, 4.69) is 5.32 Å². The maximum atomic E-state index is 13.6. The van der Waals surface area contributed by atoms with Gasteiger partial charge < -0.3 is 5.32 Å². The zero-order chi connectivity index (χ0) is 20.6. The lowest BCUT2D eigenvalue weighted by molar-refractivity contribution is 0.104. The van der Waals surface area contributed by atoms with Crippen molar-refractivity contribution in [2.75, 3.05) is 9.62 Å². The predicted molar refractivity (Wildman–Crippen MR) is 113 cm³/mol. The standard InChI is InChI=1S/C21H17FN2O3S2/c1-14-5-7-17(8-6-14)23-12-19-20(25)21-18(9-10-28-21)24(29(19,26)27)13-15-3-2-4-16(22)11-15/h2-12,23H,13H2,1H3. The van der Waals surface area contributed by atoms with Crippen LogP contribution in [-0.2, 0) is 16.6 Å². The van der Waals surface area contributed by atoms with Crippen LogP contribution in [0.5, 0.6) is 0 Å². The molecule has 0 fully saturated rings. The van der Waals surface area contributed by atoms with Crippen molar-refractivity contribution in [2.45, 2.75) is 13.5 Å². The number of sulfonamides is 1. The summed E-state index contributed by atoms with van der Waals surface area (Å²) in [5.41, 5.74) is 2.54. The molecule has 8 heteroatoms. The fourth-order valence-corrected chi connectivity index (χ4v) is 5.54. The Balaban J connectivity index is 1.74. The molecule has 0 amide bonds. The molecule has 0 bridgehead atoms. The van der Waals surface area contributed by atoms with Crippen molar-refractivity contribution in [1.82, 2.24) is 0 Å². The molecule has 29 heavy (non-hydrogen) atoms. The zero-order valence-corrected chi connectivity index (χ0v) is 17.1. The van der Waals surface area contributed by atoms with Crippen LogP contribution in [0.25, 0.3) is 0 Å². The number of aryl methyl sites for hydroxylation is 1. The number of nitrogens with one attached hydrogen (secondary N) is 1. The summed E-state index contributed by atoms with van der Waals surface area (Å²) in [4.78, 5) is 12.9. The lowest BCUT2D eigenvalue weighted by Gasteiger charge is -2.29. The third kappa shape index (κ3) is 3.68. The number of hydrogen-bond donors (Lipinski definition) is 1. The van der Waals surface area contributed by atoms with Crippen molar-refractivity contribution < 1.29 is 17.6 Å². The minimum Gasteiger partial charge on any atom is -0.360 e. The fraction of sp³-hybridized carbons (Fsp3) is 0.0952. The minimum absolute atomic E-state index is 0.0705. The van der Waals surface area contributed by atoms with Crippen LogP contribution in [0.3, 0.4) is 0 Å². The molecule has 0 saturated carbocycles. The van der Waals surface area contributed by atoms with Gasteiger partial charge in [-0.1, -0.05) is 29.8 Å². The van der Waals surface area contributed by atoms with Gasteiger partial charge in [0.2, 0.25) is 5.78 Å². The zero-order valence-electron chi connectivity index (χ0n) is 15.4. The molecule has 0 radical (unpaired) electrons. The number of ketones is 1. The van der Waals surface area contributed by atoms with Crippen LogP contribution in [0.1, 0.15) is 20.8 Å². The molecule has 2 aromatic carbocycles. The lowest BCUT2D eigenvalue weighted by atomic mass is 10.2. The number of carbonyl (C=O) groups excluding carboxylic acids is 1. The highest BCUT2D eigenvalue weighted by atomic mass is 32.2. The number of hydrogen-bond acceptors (Lipinski definition) is 5. The van der Waals surface area contributed by atoms with Crippen molar-refractivity contribution in [3.8, 4) is 0 Å². The number of fused-ring (bicyclic) bond motifs is 1. The number of halogens is 1. The van der Waals surface area contributed by atoms with E-state index in [1.807, 2.05) is 19.1 Å².